The molecule has 2 amide bonds. The van der Waals surface area contributed by atoms with Crippen molar-refractivity contribution in [2.75, 3.05) is 5.73 Å². The lowest BCUT2D eigenvalue weighted by Crippen LogP contribution is -2.32. The number of pyridine rings is 2. The molecule has 0 aliphatic heterocycles. The predicted molar refractivity (Wildman–Crippen MR) is 161 cm³/mol. The number of carbonyl (C=O) groups is 2. The van der Waals surface area contributed by atoms with Crippen molar-refractivity contribution < 1.29 is 37.1 Å². The molecular weight excluding hydrogens is 714 g/mol. The van der Waals surface area contributed by atoms with E-state index in [1.54, 1.807) is 9.44 Å². The predicted octanol–water partition coefficient (Wildman–Crippen LogP) is 3.07. The van der Waals surface area contributed by atoms with Gasteiger partial charge < -0.3 is 15.8 Å². The zero-order valence-corrected chi connectivity index (χ0v) is 25.6. The minimum absolute atomic E-state index is 0. The highest BCUT2D eigenvalue weighted by molar-refractivity contribution is 7.90. The van der Waals surface area contributed by atoms with E-state index in [0.29, 0.717) is 0 Å². The van der Waals surface area contributed by atoms with Crippen molar-refractivity contribution in [2.24, 2.45) is 0 Å². The Balaban J connectivity index is 0. The molecule has 0 fully saturated rings. The van der Waals surface area contributed by atoms with Crippen molar-refractivity contribution in [1.82, 2.24) is 39.3 Å². The van der Waals surface area contributed by atoms with Crippen LogP contribution in [0.15, 0.2) is 58.8 Å². The van der Waals surface area contributed by atoms with Crippen LogP contribution in [0.5, 0.6) is 0 Å². The van der Waals surface area contributed by atoms with Crippen LogP contribution in [0.3, 0.4) is 0 Å². The lowest BCUT2D eigenvalue weighted by atomic mass is 10.4. The van der Waals surface area contributed by atoms with Crippen LogP contribution in [-0.4, -0.2) is 63.5 Å². The van der Waals surface area contributed by atoms with E-state index in [0.717, 1.165) is 30.6 Å². The second-order valence-corrected chi connectivity index (χ2v) is 12.3. The van der Waals surface area contributed by atoms with Crippen LogP contribution in [0.1, 0.15) is 26.7 Å². The minimum atomic E-state index is -4.47. The van der Waals surface area contributed by atoms with E-state index in [9.17, 15) is 36.5 Å². The Kier molecular flexibility index (Phi) is 10.8. The van der Waals surface area contributed by atoms with Crippen LogP contribution in [0.2, 0.25) is 20.6 Å². The Hall–Kier alpha value is -4.34. The number of sulfonamides is 2. The van der Waals surface area contributed by atoms with E-state index in [4.69, 9.17) is 52.1 Å². The molecule has 0 bridgehead atoms. The summed E-state index contributed by atoms with van der Waals surface area (Å²) in [5.74, 6) is -2.94. The van der Waals surface area contributed by atoms with Gasteiger partial charge in [0.2, 0.25) is 0 Å². The van der Waals surface area contributed by atoms with Crippen LogP contribution in [0.4, 0.5) is 11.6 Å². The summed E-state index contributed by atoms with van der Waals surface area (Å²) in [5, 5.41) is 8.65. The first-order valence-corrected chi connectivity index (χ1v) is 15.3. The molecule has 4 rings (SSSR count). The van der Waals surface area contributed by atoms with Gasteiger partial charge in [0, 0.05) is 17.8 Å². The maximum absolute atomic E-state index is 12.0. The second-order valence-electron chi connectivity index (χ2n) is 7.53. The summed E-state index contributed by atoms with van der Waals surface area (Å²) < 4.78 is 51.4. The fourth-order valence-corrected chi connectivity index (χ4v) is 5.33. The summed E-state index contributed by atoms with van der Waals surface area (Å²) in [6.45, 7) is 0. The third-order valence-corrected chi connectivity index (χ3v) is 7.83. The highest BCUT2D eigenvalue weighted by Gasteiger charge is 2.28. The van der Waals surface area contributed by atoms with E-state index >= 15 is 0 Å². The molecule has 0 aliphatic carbocycles. The Morgan fingerprint density at radius 3 is 1.59 bits per heavy atom. The van der Waals surface area contributed by atoms with Gasteiger partial charge in [-0.15, -0.1) is 0 Å². The number of nitrogens with two attached hydrogens (primary N) is 1. The molecule has 0 unspecified atom stereocenters. The van der Waals surface area contributed by atoms with Gasteiger partial charge in [0.05, 0.1) is 12.4 Å². The second kappa shape index (κ2) is 14.0. The van der Waals surface area contributed by atoms with Crippen LogP contribution in [0, 0.1) is 10.1 Å². The van der Waals surface area contributed by atoms with Crippen molar-refractivity contribution in [3.05, 3.63) is 90.9 Å². The molecule has 0 aliphatic rings. The molecule has 0 radical (unpaired) electrons. The molecule has 0 spiro atoms. The minimum Gasteiger partial charge on any atom is -0.384 e. The Labute approximate surface area is 272 Å². The monoisotopic (exact) mass is 732 g/mol. The van der Waals surface area contributed by atoms with E-state index in [2.05, 4.69) is 29.9 Å². The molecule has 0 saturated carbocycles. The molecule has 4 N–H and O–H groups in total. The molecule has 4 aromatic heterocycles. The maximum Gasteiger partial charge on any atom is 0.364 e. The fourth-order valence-electron chi connectivity index (χ4n) is 2.68. The Morgan fingerprint density at radius 2 is 1.18 bits per heavy atom. The average molecular weight is 734 g/mol. The largest absolute Gasteiger partial charge is 0.384 e. The Bertz CT molecular complexity index is 2020. The quantitative estimate of drug-likeness (QED) is 0.182. The molecule has 4 heterocycles. The number of rotatable bonds is 7. The summed E-state index contributed by atoms with van der Waals surface area (Å²) in [6.07, 6.45) is 2.06. The van der Waals surface area contributed by atoms with Gasteiger partial charge in [-0.2, -0.15) is 16.8 Å². The number of hydrogen-bond acceptors (Lipinski definition) is 15. The van der Waals surface area contributed by atoms with Gasteiger partial charge in [-0.1, -0.05) is 52.5 Å². The summed E-state index contributed by atoms with van der Waals surface area (Å²) in [6, 6.07) is 7.07. The molecular formula is C20H20Cl4N10O8S2. The van der Waals surface area contributed by atoms with Crippen molar-refractivity contribution in [3.63, 3.8) is 0 Å². The lowest BCUT2D eigenvalue weighted by Gasteiger charge is -2.07. The van der Waals surface area contributed by atoms with Crippen molar-refractivity contribution in [3.8, 4) is 0 Å². The van der Waals surface area contributed by atoms with E-state index in [-0.39, 0.29) is 32.7 Å². The first-order valence-electron chi connectivity index (χ1n) is 10.8. The summed E-state index contributed by atoms with van der Waals surface area (Å²) in [5.41, 5.74) is 4.53. The molecule has 44 heavy (non-hydrogen) atoms. The van der Waals surface area contributed by atoms with Gasteiger partial charge in [-0.25, -0.2) is 34.4 Å². The highest BCUT2D eigenvalue weighted by Crippen LogP contribution is 2.17. The molecule has 238 valence electrons. The standard InChI is InChI=1S/C10H5Cl2N5O5S.C10H7Cl2N5O3S.4H2/c11-5-4-13-8(9(12)14-5)10(18)16-23(21,22)7-3-1-2-6(15-7)17(19)20;11-5-4-14-8(9(12)15-5)10(18)17-21(19,20)7-3-1-2-6(13)16-7;;;;/h1-4H,(H,16,18);1-4H,(H2,13,16)(H,17,18);4*1H. The number of carbonyl (C=O) groups excluding carboxylic acids is 2. The average Bonchev–Trinajstić information content (AvgIpc) is 2.93. The summed E-state index contributed by atoms with van der Waals surface area (Å²) >= 11 is 22.4. The van der Waals surface area contributed by atoms with Gasteiger partial charge in [0.1, 0.15) is 16.1 Å². The number of nitro groups is 1. The number of nitrogen functional groups attached to an aromatic ring is 1. The van der Waals surface area contributed by atoms with Gasteiger partial charge >= 0.3 is 15.8 Å². The van der Waals surface area contributed by atoms with Crippen LogP contribution < -0.4 is 15.2 Å². The maximum atomic E-state index is 12.0. The molecule has 0 saturated heterocycles. The number of amides is 2. The van der Waals surface area contributed by atoms with Crippen LogP contribution >= 0.6 is 46.4 Å². The molecule has 0 aromatic carbocycles. The van der Waals surface area contributed by atoms with E-state index in [1.807, 2.05) is 0 Å². The van der Waals surface area contributed by atoms with Gasteiger partial charge in [-0.3, -0.25) is 9.59 Å². The first-order chi connectivity index (χ1) is 20.5. The lowest BCUT2D eigenvalue weighted by molar-refractivity contribution is -0.390. The number of aromatic nitrogens is 6. The summed E-state index contributed by atoms with van der Waals surface area (Å²) in [4.78, 5) is 54.8. The van der Waals surface area contributed by atoms with Crippen molar-refractivity contribution >= 4 is 89.9 Å². The van der Waals surface area contributed by atoms with Gasteiger partial charge in [0.25, 0.3) is 26.9 Å². The normalized spacial score (nSPS) is 11.1. The molecule has 0 atom stereocenters. The number of nitrogens with zero attached hydrogens (tertiary/aromatic N) is 7. The van der Waals surface area contributed by atoms with Crippen LogP contribution in [0.25, 0.3) is 0 Å². The number of halogens is 4. The first kappa shape index (κ1) is 34.2. The topological polar surface area (TPSA) is 273 Å². The van der Waals surface area contributed by atoms with E-state index < -0.39 is 63.5 Å². The number of nitrogens with one attached hydrogen (secondary N) is 2. The SMILES string of the molecule is Nc1cccc(S(=O)(=O)NC(=O)c2ncc(Cl)nc2Cl)n1.O=C(NS(=O)(=O)c1cccc([N+](=O)[O-])n1)c1ncc(Cl)nc1Cl.[HH].[HH].[HH].[HH]. The number of anilines is 1. The fraction of sp³-hybridized carbons (Fsp3) is 0. The molecule has 18 nitrogen and oxygen atoms in total. The van der Waals surface area contributed by atoms with Crippen molar-refractivity contribution in [2.45, 2.75) is 10.1 Å². The third kappa shape index (κ3) is 8.84. The molecule has 24 heteroatoms. The Morgan fingerprint density at radius 1 is 0.750 bits per heavy atom. The van der Waals surface area contributed by atoms with Gasteiger partial charge in [0.15, 0.2) is 26.7 Å². The zero-order chi connectivity index (χ0) is 32.8. The number of hydrogen-bond donors (Lipinski definition) is 3. The van der Waals surface area contributed by atoms with Crippen molar-refractivity contribution in [1.29, 1.82) is 0 Å². The molecule has 4 aromatic rings. The van der Waals surface area contributed by atoms with E-state index in [1.165, 1.54) is 18.2 Å². The van der Waals surface area contributed by atoms with Gasteiger partial charge in [-0.05, 0) is 28.1 Å². The summed E-state index contributed by atoms with van der Waals surface area (Å²) in [7, 11) is -8.67. The van der Waals surface area contributed by atoms with Crippen LogP contribution in [-0.2, 0) is 20.0 Å². The third-order valence-electron chi connectivity index (χ3n) is 4.48. The smallest absolute Gasteiger partial charge is 0.364 e. The zero-order valence-electron chi connectivity index (χ0n) is 20.9. The highest BCUT2D eigenvalue weighted by atomic mass is 35.5.